The number of ether oxygens (including phenoxy) is 1. The predicted molar refractivity (Wildman–Crippen MR) is 83.7 cm³/mol. The molecule has 1 atom stereocenters. The number of carboxylic acid groups (broad SMARTS) is 1. The van der Waals surface area contributed by atoms with Gasteiger partial charge in [-0.1, -0.05) is 18.5 Å². The van der Waals surface area contributed by atoms with Crippen molar-refractivity contribution in [3.8, 4) is 5.75 Å². The van der Waals surface area contributed by atoms with Crippen molar-refractivity contribution in [1.82, 2.24) is 4.90 Å². The molecule has 1 N–H and O–H groups in total. The summed E-state index contributed by atoms with van der Waals surface area (Å²) in [5.74, 6) is -1.29. The number of carboxylic acids is 1. The van der Waals surface area contributed by atoms with Crippen molar-refractivity contribution in [2.24, 2.45) is 5.92 Å². The van der Waals surface area contributed by atoms with Crippen LogP contribution in [0.25, 0.3) is 0 Å². The number of halogens is 2. The van der Waals surface area contributed by atoms with E-state index >= 15 is 0 Å². The number of carbonyl (C=O) groups excluding carboxylic acids is 1. The van der Waals surface area contributed by atoms with Gasteiger partial charge in [0, 0.05) is 18.1 Å². The average molecular weight is 379 g/mol. The maximum absolute atomic E-state index is 12.1. The van der Waals surface area contributed by atoms with Gasteiger partial charge in [0.05, 0.1) is 10.4 Å². The monoisotopic (exact) mass is 377 g/mol. The lowest BCUT2D eigenvalue weighted by Gasteiger charge is -2.23. The Morgan fingerprint density at radius 2 is 2.14 bits per heavy atom. The fraction of sp³-hybridized carbons (Fsp3) is 0.429. The quantitative estimate of drug-likeness (QED) is 0.792. The molecular formula is C14H17BrClNO4. The van der Waals surface area contributed by atoms with Gasteiger partial charge >= 0.3 is 5.97 Å². The second-order valence-electron chi connectivity index (χ2n) is 4.54. The van der Waals surface area contributed by atoms with Crippen LogP contribution in [0.3, 0.4) is 0 Å². The number of amides is 1. The van der Waals surface area contributed by atoms with Crippen molar-refractivity contribution in [3.05, 3.63) is 27.7 Å². The fourth-order valence-corrected chi connectivity index (χ4v) is 2.44. The van der Waals surface area contributed by atoms with Crippen LogP contribution in [0, 0.1) is 5.92 Å². The van der Waals surface area contributed by atoms with E-state index in [4.69, 9.17) is 21.4 Å². The van der Waals surface area contributed by atoms with Crippen LogP contribution in [0.5, 0.6) is 5.75 Å². The van der Waals surface area contributed by atoms with Gasteiger partial charge < -0.3 is 14.7 Å². The lowest BCUT2D eigenvalue weighted by Crippen LogP contribution is -2.39. The number of carbonyl (C=O) groups is 2. The summed E-state index contributed by atoms with van der Waals surface area (Å²) in [4.78, 5) is 24.4. The second-order valence-corrected chi connectivity index (χ2v) is 5.83. The molecule has 0 fully saturated rings. The number of hydrogen-bond acceptors (Lipinski definition) is 3. The number of nitrogens with zero attached hydrogens (tertiary/aromatic N) is 1. The topological polar surface area (TPSA) is 66.8 Å². The minimum atomic E-state index is -0.928. The lowest BCUT2D eigenvalue weighted by atomic mass is 10.1. The summed E-state index contributed by atoms with van der Waals surface area (Å²) >= 11 is 9.12. The van der Waals surface area contributed by atoms with E-state index in [1.807, 2.05) is 0 Å². The van der Waals surface area contributed by atoms with E-state index in [1.165, 1.54) is 4.90 Å². The Kier molecular flexibility index (Phi) is 6.98. The number of hydrogen-bond donors (Lipinski definition) is 1. The van der Waals surface area contributed by atoms with Crippen LogP contribution in [-0.4, -0.2) is 41.6 Å². The standard InChI is InChI=1S/C14H17BrClNO4/c1-3-17(7-9(2)14(19)20)13(18)8-21-12-5-4-10(16)6-11(12)15/h4-6,9H,3,7-8H2,1-2H3,(H,19,20). The Morgan fingerprint density at radius 1 is 1.48 bits per heavy atom. The number of benzene rings is 1. The predicted octanol–water partition coefficient (Wildman–Crippen LogP) is 3.05. The van der Waals surface area contributed by atoms with E-state index in [0.29, 0.717) is 21.8 Å². The number of rotatable bonds is 7. The molecule has 21 heavy (non-hydrogen) atoms. The molecule has 0 bridgehead atoms. The molecule has 1 aromatic carbocycles. The molecular weight excluding hydrogens is 362 g/mol. The van der Waals surface area contributed by atoms with Crippen molar-refractivity contribution < 1.29 is 19.4 Å². The fourth-order valence-electron chi connectivity index (χ4n) is 1.64. The SMILES string of the molecule is CCN(CC(C)C(=O)O)C(=O)COc1ccc(Cl)cc1Br. The van der Waals surface area contributed by atoms with Gasteiger partial charge in [-0.2, -0.15) is 0 Å². The molecule has 0 aliphatic carbocycles. The molecule has 1 rings (SSSR count). The van der Waals surface area contributed by atoms with Crippen LogP contribution < -0.4 is 4.74 Å². The normalized spacial score (nSPS) is 11.8. The van der Waals surface area contributed by atoms with Crippen molar-refractivity contribution in [3.63, 3.8) is 0 Å². The Labute approximate surface area is 137 Å². The largest absolute Gasteiger partial charge is 0.483 e. The van der Waals surface area contributed by atoms with E-state index in [-0.39, 0.29) is 19.1 Å². The summed E-state index contributed by atoms with van der Waals surface area (Å²) in [5.41, 5.74) is 0. The summed E-state index contributed by atoms with van der Waals surface area (Å²) < 4.78 is 6.09. The molecule has 5 nitrogen and oxygen atoms in total. The minimum absolute atomic E-state index is 0.152. The molecule has 0 saturated carbocycles. The Bertz CT molecular complexity index is 524. The molecule has 1 unspecified atom stereocenters. The van der Waals surface area contributed by atoms with Gasteiger partial charge in [-0.3, -0.25) is 9.59 Å². The summed E-state index contributed by atoms with van der Waals surface area (Å²) in [5, 5.41) is 9.45. The highest BCUT2D eigenvalue weighted by Crippen LogP contribution is 2.27. The third-order valence-corrected chi connectivity index (χ3v) is 3.75. The van der Waals surface area contributed by atoms with Crippen LogP contribution in [-0.2, 0) is 9.59 Å². The van der Waals surface area contributed by atoms with E-state index in [9.17, 15) is 9.59 Å². The minimum Gasteiger partial charge on any atom is -0.483 e. The molecule has 0 aromatic heterocycles. The zero-order chi connectivity index (χ0) is 16.0. The molecule has 116 valence electrons. The first kappa shape index (κ1) is 17.8. The van der Waals surface area contributed by atoms with Gasteiger partial charge in [-0.25, -0.2) is 0 Å². The van der Waals surface area contributed by atoms with E-state index < -0.39 is 11.9 Å². The Hall–Kier alpha value is -1.27. The lowest BCUT2D eigenvalue weighted by molar-refractivity contribution is -0.143. The molecule has 0 heterocycles. The average Bonchev–Trinajstić information content (AvgIpc) is 2.43. The third-order valence-electron chi connectivity index (χ3n) is 2.90. The van der Waals surface area contributed by atoms with Crippen molar-refractivity contribution in [1.29, 1.82) is 0 Å². The van der Waals surface area contributed by atoms with Crippen LogP contribution in [0.2, 0.25) is 5.02 Å². The number of aliphatic carboxylic acids is 1. The smallest absolute Gasteiger partial charge is 0.308 e. The first-order valence-electron chi connectivity index (χ1n) is 6.43. The van der Waals surface area contributed by atoms with Gasteiger partial charge in [0.2, 0.25) is 0 Å². The Balaban J connectivity index is 2.60. The maximum Gasteiger partial charge on any atom is 0.308 e. The molecule has 0 spiro atoms. The van der Waals surface area contributed by atoms with E-state index in [0.717, 1.165) is 0 Å². The van der Waals surface area contributed by atoms with Crippen LogP contribution in [0.15, 0.2) is 22.7 Å². The van der Waals surface area contributed by atoms with Gasteiger partial charge in [-0.15, -0.1) is 0 Å². The van der Waals surface area contributed by atoms with Crippen LogP contribution in [0.1, 0.15) is 13.8 Å². The van der Waals surface area contributed by atoms with E-state index in [2.05, 4.69) is 15.9 Å². The highest BCUT2D eigenvalue weighted by molar-refractivity contribution is 9.10. The molecule has 7 heteroatoms. The number of likely N-dealkylation sites (N-methyl/N-ethyl adjacent to an activating group) is 1. The maximum atomic E-state index is 12.1. The highest BCUT2D eigenvalue weighted by Gasteiger charge is 2.19. The first-order valence-corrected chi connectivity index (χ1v) is 7.60. The Morgan fingerprint density at radius 3 is 2.67 bits per heavy atom. The third kappa shape index (κ3) is 5.55. The van der Waals surface area contributed by atoms with Gasteiger partial charge in [0.15, 0.2) is 6.61 Å². The second kappa shape index (κ2) is 8.24. The zero-order valence-corrected chi connectivity index (χ0v) is 14.1. The van der Waals surface area contributed by atoms with E-state index in [1.54, 1.807) is 32.0 Å². The van der Waals surface area contributed by atoms with Gasteiger partial charge in [-0.05, 0) is 41.1 Å². The van der Waals surface area contributed by atoms with Gasteiger partial charge in [0.25, 0.3) is 5.91 Å². The first-order chi connectivity index (χ1) is 9.85. The molecule has 0 radical (unpaired) electrons. The molecule has 0 aliphatic heterocycles. The van der Waals surface area contributed by atoms with Crippen LogP contribution in [0.4, 0.5) is 0 Å². The molecule has 0 aliphatic rings. The summed E-state index contributed by atoms with van der Waals surface area (Å²) in [6, 6.07) is 5.00. The van der Waals surface area contributed by atoms with Gasteiger partial charge in [0.1, 0.15) is 5.75 Å². The zero-order valence-electron chi connectivity index (χ0n) is 11.8. The van der Waals surface area contributed by atoms with Crippen LogP contribution >= 0.6 is 27.5 Å². The molecule has 1 amide bonds. The highest BCUT2D eigenvalue weighted by atomic mass is 79.9. The summed E-state index contributed by atoms with van der Waals surface area (Å²) in [7, 11) is 0. The van der Waals surface area contributed by atoms with Crippen molar-refractivity contribution in [2.75, 3.05) is 19.7 Å². The molecule has 1 aromatic rings. The van der Waals surface area contributed by atoms with Crippen molar-refractivity contribution in [2.45, 2.75) is 13.8 Å². The molecule has 0 saturated heterocycles. The summed E-state index contributed by atoms with van der Waals surface area (Å²) in [6.07, 6.45) is 0. The van der Waals surface area contributed by atoms with Crippen molar-refractivity contribution >= 4 is 39.4 Å². The summed E-state index contributed by atoms with van der Waals surface area (Å²) in [6.45, 7) is 3.80.